The predicted octanol–water partition coefficient (Wildman–Crippen LogP) is 5.14. The lowest BCUT2D eigenvalue weighted by Crippen LogP contribution is -2.00. The molecule has 0 aliphatic rings. The SMILES string of the molecule is COC(=O)CCCc1ccc(CCCCCc2ccccc2)cc1. The van der Waals surface area contributed by atoms with Crippen LogP contribution in [-0.4, -0.2) is 13.1 Å². The molecule has 0 spiro atoms. The number of methoxy groups -OCH3 is 1. The molecule has 0 heterocycles. The van der Waals surface area contributed by atoms with Crippen LogP contribution in [0.1, 0.15) is 48.8 Å². The van der Waals surface area contributed by atoms with Crippen molar-refractivity contribution in [3.05, 3.63) is 71.3 Å². The molecular weight excluding hydrogens is 296 g/mol. The Morgan fingerprint density at radius 2 is 1.21 bits per heavy atom. The normalized spacial score (nSPS) is 10.5. The number of aryl methyl sites for hydroxylation is 3. The van der Waals surface area contributed by atoms with Crippen molar-refractivity contribution in [3.63, 3.8) is 0 Å². The summed E-state index contributed by atoms with van der Waals surface area (Å²) in [6, 6.07) is 19.5. The average Bonchev–Trinajstić information content (AvgIpc) is 2.63. The predicted molar refractivity (Wildman–Crippen MR) is 99.1 cm³/mol. The molecular formula is C22H28O2. The number of esters is 1. The highest BCUT2D eigenvalue weighted by atomic mass is 16.5. The van der Waals surface area contributed by atoms with E-state index in [-0.39, 0.29) is 5.97 Å². The van der Waals surface area contributed by atoms with Crippen LogP contribution >= 0.6 is 0 Å². The number of unbranched alkanes of at least 4 members (excludes halogenated alkanes) is 2. The number of benzene rings is 2. The monoisotopic (exact) mass is 324 g/mol. The van der Waals surface area contributed by atoms with Crippen LogP contribution in [0, 0.1) is 0 Å². The summed E-state index contributed by atoms with van der Waals surface area (Å²) in [5.41, 5.74) is 4.15. The largest absolute Gasteiger partial charge is 0.469 e. The van der Waals surface area contributed by atoms with E-state index in [2.05, 4.69) is 59.3 Å². The Hall–Kier alpha value is -2.09. The van der Waals surface area contributed by atoms with E-state index in [1.54, 1.807) is 0 Å². The van der Waals surface area contributed by atoms with Gasteiger partial charge in [-0.1, -0.05) is 61.0 Å². The van der Waals surface area contributed by atoms with Crippen molar-refractivity contribution in [2.24, 2.45) is 0 Å². The third-order valence-electron chi connectivity index (χ3n) is 4.37. The molecule has 2 aromatic rings. The van der Waals surface area contributed by atoms with Gasteiger partial charge in [-0.15, -0.1) is 0 Å². The first-order valence-electron chi connectivity index (χ1n) is 8.96. The minimum atomic E-state index is -0.123. The second-order valence-corrected chi connectivity index (χ2v) is 6.29. The second-order valence-electron chi connectivity index (χ2n) is 6.29. The molecule has 0 saturated heterocycles. The van der Waals surface area contributed by atoms with E-state index in [9.17, 15) is 4.79 Å². The van der Waals surface area contributed by atoms with E-state index in [4.69, 9.17) is 0 Å². The van der Waals surface area contributed by atoms with Crippen molar-refractivity contribution < 1.29 is 9.53 Å². The molecule has 0 aliphatic heterocycles. The van der Waals surface area contributed by atoms with E-state index in [1.165, 1.54) is 49.5 Å². The van der Waals surface area contributed by atoms with Gasteiger partial charge in [-0.2, -0.15) is 0 Å². The molecule has 0 bridgehead atoms. The standard InChI is InChI=1S/C22H28O2/c1-24-22(23)14-8-13-21-17-15-20(16-18-21)12-7-3-6-11-19-9-4-2-5-10-19/h2,4-5,9-10,15-18H,3,6-8,11-14H2,1H3. The third kappa shape index (κ3) is 6.99. The molecule has 2 aromatic carbocycles. The lowest BCUT2D eigenvalue weighted by Gasteiger charge is -2.05. The van der Waals surface area contributed by atoms with E-state index >= 15 is 0 Å². The van der Waals surface area contributed by atoms with Crippen LogP contribution in [0.2, 0.25) is 0 Å². The molecule has 0 unspecified atom stereocenters. The Kier molecular flexibility index (Phi) is 8.09. The van der Waals surface area contributed by atoms with Crippen molar-refractivity contribution >= 4 is 5.97 Å². The van der Waals surface area contributed by atoms with Gasteiger partial charge in [-0.3, -0.25) is 4.79 Å². The van der Waals surface area contributed by atoms with E-state index in [1.807, 2.05) is 0 Å². The first kappa shape index (κ1) is 18.3. The van der Waals surface area contributed by atoms with Gasteiger partial charge in [-0.05, 0) is 55.2 Å². The maximum absolute atomic E-state index is 11.1. The lowest BCUT2D eigenvalue weighted by atomic mass is 10.0. The van der Waals surface area contributed by atoms with Gasteiger partial charge in [0.1, 0.15) is 0 Å². The van der Waals surface area contributed by atoms with Crippen LogP contribution in [0.15, 0.2) is 54.6 Å². The highest BCUT2D eigenvalue weighted by molar-refractivity contribution is 5.69. The molecule has 0 saturated carbocycles. The first-order valence-corrected chi connectivity index (χ1v) is 8.96. The van der Waals surface area contributed by atoms with Gasteiger partial charge >= 0.3 is 5.97 Å². The van der Waals surface area contributed by atoms with E-state index < -0.39 is 0 Å². The quantitative estimate of drug-likeness (QED) is 0.447. The Morgan fingerprint density at radius 3 is 1.75 bits per heavy atom. The molecule has 2 nitrogen and oxygen atoms in total. The zero-order chi connectivity index (χ0) is 17.0. The van der Waals surface area contributed by atoms with Gasteiger partial charge in [0, 0.05) is 6.42 Å². The van der Waals surface area contributed by atoms with Crippen molar-refractivity contribution in [2.75, 3.05) is 7.11 Å². The summed E-state index contributed by atoms with van der Waals surface area (Å²) >= 11 is 0. The van der Waals surface area contributed by atoms with Crippen molar-refractivity contribution in [1.29, 1.82) is 0 Å². The summed E-state index contributed by atoms with van der Waals surface area (Å²) in [6.45, 7) is 0. The van der Waals surface area contributed by atoms with Crippen molar-refractivity contribution in [3.8, 4) is 0 Å². The fourth-order valence-electron chi connectivity index (χ4n) is 2.89. The highest BCUT2D eigenvalue weighted by Crippen LogP contribution is 2.12. The van der Waals surface area contributed by atoms with Crippen LogP contribution in [0.25, 0.3) is 0 Å². The fraction of sp³-hybridized carbons (Fsp3) is 0.409. The zero-order valence-electron chi connectivity index (χ0n) is 14.7. The number of carbonyl (C=O) groups excluding carboxylic acids is 1. The van der Waals surface area contributed by atoms with Crippen molar-refractivity contribution in [2.45, 2.75) is 51.4 Å². The highest BCUT2D eigenvalue weighted by Gasteiger charge is 2.01. The summed E-state index contributed by atoms with van der Waals surface area (Å²) in [6.07, 6.45) is 8.40. The van der Waals surface area contributed by atoms with Gasteiger partial charge in [-0.25, -0.2) is 0 Å². The van der Waals surface area contributed by atoms with Crippen LogP contribution in [0.4, 0.5) is 0 Å². The molecule has 128 valence electrons. The van der Waals surface area contributed by atoms with Crippen LogP contribution in [0.5, 0.6) is 0 Å². The Balaban J connectivity index is 1.60. The maximum atomic E-state index is 11.1. The first-order chi connectivity index (χ1) is 11.8. The Morgan fingerprint density at radius 1 is 0.708 bits per heavy atom. The fourth-order valence-corrected chi connectivity index (χ4v) is 2.89. The minimum Gasteiger partial charge on any atom is -0.469 e. The molecule has 2 heteroatoms. The lowest BCUT2D eigenvalue weighted by molar-refractivity contribution is -0.140. The molecule has 0 radical (unpaired) electrons. The summed E-state index contributed by atoms with van der Waals surface area (Å²) < 4.78 is 4.66. The Labute approximate surface area is 145 Å². The molecule has 0 atom stereocenters. The minimum absolute atomic E-state index is 0.123. The molecule has 2 rings (SSSR count). The molecule has 24 heavy (non-hydrogen) atoms. The summed E-state index contributed by atoms with van der Waals surface area (Å²) in [7, 11) is 1.44. The summed E-state index contributed by atoms with van der Waals surface area (Å²) in [5.74, 6) is -0.123. The van der Waals surface area contributed by atoms with Crippen molar-refractivity contribution in [1.82, 2.24) is 0 Å². The maximum Gasteiger partial charge on any atom is 0.305 e. The van der Waals surface area contributed by atoms with Crippen LogP contribution in [-0.2, 0) is 28.8 Å². The number of carbonyl (C=O) groups is 1. The number of ether oxygens (including phenoxy) is 1. The smallest absolute Gasteiger partial charge is 0.305 e. The molecule has 0 aliphatic carbocycles. The van der Waals surface area contributed by atoms with Gasteiger partial charge in [0.2, 0.25) is 0 Å². The summed E-state index contributed by atoms with van der Waals surface area (Å²) in [5, 5.41) is 0. The third-order valence-corrected chi connectivity index (χ3v) is 4.37. The van der Waals surface area contributed by atoms with Crippen LogP contribution < -0.4 is 0 Å². The summed E-state index contributed by atoms with van der Waals surface area (Å²) in [4.78, 5) is 11.1. The number of hydrogen-bond donors (Lipinski definition) is 0. The van der Waals surface area contributed by atoms with Crippen LogP contribution in [0.3, 0.4) is 0 Å². The topological polar surface area (TPSA) is 26.3 Å². The Bertz CT molecular complexity index is 587. The van der Waals surface area contributed by atoms with Gasteiger partial charge in [0.25, 0.3) is 0 Å². The molecule has 0 amide bonds. The van der Waals surface area contributed by atoms with Gasteiger partial charge < -0.3 is 4.74 Å². The van der Waals surface area contributed by atoms with Gasteiger partial charge in [0.05, 0.1) is 7.11 Å². The molecule has 0 N–H and O–H groups in total. The number of hydrogen-bond acceptors (Lipinski definition) is 2. The average molecular weight is 324 g/mol. The molecule has 0 fully saturated rings. The van der Waals surface area contributed by atoms with E-state index in [0.29, 0.717) is 6.42 Å². The second kappa shape index (κ2) is 10.6. The number of rotatable bonds is 10. The zero-order valence-corrected chi connectivity index (χ0v) is 14.7. The van der Waals surface area contributed by atoms with Gasteiger partial charge in [0.15, 0.2) is 0 Å². The van der Waals surface area contributed by atoms with E-state index in [0.717, 1.165) is 19.3 Å². The molecule has 0 aromatic heterocycles.